The summed E-state index contributed by atoms with van der Waals surface area (Å²) in [5.74, 6) is 3.26. The fraction of sp³-hybridized carbons (Fsp3) is 0.400. The van der Waals surface area contributed by atoms with Crippen LogP contribution in [0.15, 0.2) is 24.3 Å². The van der Waals surface area contributed by atoms with E-state index in [0.29, 0.717) is 26.1 Å². The second-order valence-corrected chi connectivity index (χ2v) is 4.38. The summed E-state index contributed by atoms with van der Waals surface area (Å²) in [5, 5.41) is 0. The number of ether oxygens (including phenoxy) is 2. The SMILES string of the molecule is C#CCC1OCCN(Cc2ccc(OC)cc2)C1=O. The maximum absolute atomic E-state index is 12.1. The van der Waals surface area contributed by atoms with Crippen LogP contribution < -0.4 is 4.74 Å². The first-order valence-electron chi connectivity index (χ1n) is 6.21. The topological polar surface area (TPSA) is 38.8 Å². The number of nitrogens with zero attached hydrogens (tertiary/aromatic N) is 1. The van der Waals surface area contributed by atoms with Crippen molar-refractivity contribution in [1.29, 1.82) is 0 Å². The lowest BCUT2D eigenvalue weighted by Crippen LogP contribution is -2.47. The van der Waals surface area contributed by atoms with Crippen LogP contribution in [0.25, 0.3) is 0 Å². The second-order valence-electron chi connectivity index (χ2n) is 4.38. The minimum atomic E-state index is -0.489. The molecule has 0 radical (unpaired) electrons. The molecule has 0 aliphatic carbocycles. The normalized spacial score (nSPS) is 19.1. The van der Waals surface area contributed by atoms with Gasteiger partial charge in [0.25, 0.3) is 5.91 Å². The fourth-order valence-electron chi connectivity index (χ4n) is 2.05. The van der Waals surface area contributed by atoms with Crippen LogP contribution in [-0.4, -0.2) is 37.2 Å². The lowest BCUT2D eigenvalue weighted by atomic mass is 10.1. The Morgan fingerprint density at radius 3 is 2.84 bits per heavy atom. The Labute approximate surface area is 113 Å². The average Bonchev–Trinajstić information content (AvgIpc) is 2.44. The van der Waals surface area contributed by atoms with Gasteiger partial charge in [-0.05, 0) is 17.7 Å². The molecule has 1 aromatic rings. The van der Waals surface area contributed by atoms with Crippen molar-refractivity contribution in [2.75, 3.05) is 20.3 Å². The van der Waals surface area contributed by atoms with Crippen LogP contribution in [0, 0.1) is 12.3 Å². The highest BCUT2D eigenvalue weighted by molar-refractivity contribution is 5.81. The third kappa shape index (κ3) is 3.27. The smallest absolute Gasteiger partial charge is 0.253 e. The van der Waals surface area contributed by atoms with Crippen LogP contribution >= 0.6 is 0 Å². The Morgan fingerprint density at radius 2 is 2.21 bits per heavy atom. The van der Waals surface area contributed by atoms with Crippen molar-refractivity contribution >= 4 is 5.91 Å². The van der Waals surface area contributed by atoms with Gasteiger partial charge in [0.05, 0.1) is 13.7 Å². The number of carbonyl (C=O) groups is 1. The monoisotopic (exact) mass is 259 g/mol. The Balaban J connectivity index is 2.01. The summed E-state index contributed by atoms with van der Waals surface area (Å²) < 4.78 is 10.5. The number of rotatable bonds is 4. The van der Waals surface area contributed by atoms with Gasteiger partial charge in [0.2, 0.25) is 0 Å². The van der Waals surface area contributed by atoms with Gasteiger partial charge in [-0.2, -0.15) is 0 Å². The van der Waals surface area contributed by atoms with Gasteiger partial charge in [-0.15, -0.1) is 12.3 Å². The molecule has 1 heterocycles. The van der Waals surface area contributed by atoms with Crippen LogP contribution in [0.3, 0.4) is 0 Å². The van der Waals surface area contributed by atoms with Crippen molar-refractivity contribution in [3.05, 3.63) is 29.8 Å². The number of carbonyl (C=O) groups excluding carboxylic acids is 1. The summed E-state index contributed by atoms with van der Waals surface area (Å²) in [6.07, 6.45) is 5.08. The summed E-state index contributed by atoms with van der Waals surface area (Å²) in [7, 11) is 1.63. The Bertz CT molecular complexity index is 475. The molecule has 1 aliphatic heterocycles. The fourth-order valence-corrected chi connectivity index (χ4v) is 2.05. The molecule has 0 saturated carbocycles. The van der Waals surface area contributed by atoms with Gasteiger partial charge >= 0.3 is 0 Å². The molecule has 1 unspecified atom stereocenters. The van der Waals surface area contributed by atoms with Crippen molar-refractivity contribution < 1.29 is 14.3 Å². The molecule has 2 rings (SSSR count). The van der Waals surface area contributed by atoms with Gasteiger partial charge < -0.3 is 14.4 Å². The van der Waals surface area contributed by atoms with Gasteiger partial charge in [-0.25, -0.2) is 0 Å². The third-order valence-electron chi connectivity index (χ3n) is 3.10. The first-order chi connectivity index (χ1) is 9.24. The van der Waals surface area contributed by atoms with Crippen LogP contribution in [0.2, 0.25) is 0 Å². The average molecular weight is 259 g/mol. The van der Waals surface area contributed by atoms with E-state index in [9.17, 15) is 4.79 Å². The molecule has 1 fully saturated rings. The summed E-state index contributed by atoms with van der Waals surface area (Å²) >= 11 is 0. The van der Waals surface area contributed by atoms with Crippen LogP contribution in [0.5, 0.6) is 5.75 Å². The zero-order valence-corrected chi connectivity index (χ0v) is 11.0. The zero-order valence-electron chi connectivity index (χ0n) is 11.0. The first-order valence-corrected chi connectivity index (χ1v) is 6.21. The van der Waals surface area contributed by atoms with E-state index in [0.717, 1.165) is 11.3 Å². The molecule has 0 spiro atoms. The second kappa shape index (κ2) is 6.26. The van der Waals surface area contributed by atoms with E-state index < -0.39 is 6.10 Å². The lowest BCUT2D eigenvalue weighted by Gasteiger charge is -2.31. The predicted octanol–water partition coefficient (Wildman–Crippen LogP) is 1.45. The predicted molar refractivity (Wildman–Crippen MR) is 71.6 cm³/mol. The summed E-state index contributed by atoms with van der Waals surface area (Å²) in [5.41, 5.74) is 1.07. The highest BCUT2D eigenvalue weighted by Crippen LogP contribution is 2.16. The lowest BCUT2D eigenvalue weighted by molar-refractivity contribution is -0.153. The summed E-state index contributed by atoms with van der Waals surface area (Å²) in [4.78, 5) is 13.9. The van der Waals surface area contributed by atoms with Crippen LogP contribution in [0.1, 0.15) is 12.0 Å². The van der Waals surface area contributed by atoms with Crippen LogP contribution in [-0.2, 0) is 16.1 Å². The highest BCUT2D eigenvalue weighted by Gasteiger charge is 2.28. The molecule has 1 aliphatic rings. The molecule has 4 heteroatoms. The van der Waals surface area contributed by atoms with E-state index in [2.05, 4.69) is 5.92 Å². The molecule has 1 saturated heterocycles. The van der Waals surface area contributed by atoms with Gasteiger partial charge in [-0.3, -0.25) is 4.79 Å². The van der Waals surface area contributed by atoms with Crippen LogP contribution in [0.4, 0.5) is 0 Å². The first kappa shape index (κ1) is 13.4. The molecule has 1 amide bonds. The molecule has 1 aromatic carbocycles. The van der Waals surface area contributed by atoms with E-state index in [1.54, 1.807) is 12.0 Å². The van der Waals surface area contributed by atoms with Gasteiger partial charge in [0, 0.05) is 19.5 Å². The third-order valence-corrected chi connectivity index (χ3v) is 3.10. The largest absolute Gasteiger partial charge is 0.497 e. The van der Waals surface area contributed by atoms with Crippen molar-refractivity contribution in [1.82, 2.24) is 4.90 Å². The molecular weight excluding hydrogens is 242 g/mol. The Morgan fingerprint density at radius 1 is 1.47 bits per heavy atom. The van der Waals surface area contributed by atoms with E-state index in [1.807, 2.05) is 24.3 Å². The molecule has 0 aromatic heterocycles. The van der Waals surface area contributed by atoms with E-state index in [-0.39, 0.29) is 5.91 Å². The molecule has 0 N–H and O–H groups in total. The van der Waals surface area contributed by atoms with Crippen molar-refractivity contribution in [2.24, 2.45) is 0 Å². The molecular formula is C15H17NO3. The van der Waals surface area contributed by atoms with Crippen molar-refractivity contribution in [3.63, 3.8) is 0 Å². The van der Waals surface area contributed by atoms with E-state index >= 15 is 0 Å². The number of morpholine rings is 1. The molecule has 100 valence electrons. The Kier molecular flexibility index (Phi) is 4.43. The maximum Gasteiger partial charge on any atom is 0.253 e. The number of amides is 1. The van der Waals surface area contributed by atoms with E-state index in [1.165, 1.54) is 0 Å². The minimum absolute atomic E-state index is 0.0278. The summed E-state index contributed by atoms with van der Waals surface area (Å²) in [6.45, 7) is 1.72. The zero-order chi connectivity index (χ0) is 13.7. The van der Waals surface area contributed by atoms with Gasteiger partial charge in [0.15, 0.2) is 0 Å². The maximum atomic E-state index is 12.1. The van der Waals surface area contributed by atoms with Gasteiger partial charge in [0.1, 0.15) is 11.9 Å². The Hall–Kier alpha value is -1.99. The minimum Gasteiger partial charge on any atom is -0.497 e. The van der Waals surface area contributed by atoms with Gasteiger partial charge in [-0.1, -0.05) is 12.1 Å². The van der Waals surface area contributed by atoms with Crippen molar-refractivity contribution in [3.8, 4) is 18.1 Å². The number of methoxy groups -OCH3 is 1. The molecule has 19 heavy (non-hydrogen) atoms. The summed E-state index contributed by atoms with van der Waals surface area (Å²) in [6, 6.07) is 7.69. The standard InChI is InChI=1S/C15H17NO3/c1-3-4-14-15(17)16(9-10-19-14)11-12-5-7-13(18-2)8-6-12/h1,5-8,14H,4,9-11H2,2H3. The number of hydrogen-bond donors (Lipinski definition) is 0. The molecule has 0 bridgehead atoms. The van der Waals surface area contributed by atoms with Crippen molar-refractivity contribution in [2.45, 2.75) is 19.1 Å². The van der Waals surface area contributed by atoms with E-state index in [4.69, 9.17) is 15.9 Å². The number of benzene rings is 1. The highest BCUT2D eigenvalue weighted by atomic mass is 16.5. The quantitative estimate of drug-likeness (QED) is 0.768. The molecule has 4 nitrogen and oxygen atoms in total. The molecule has 1 atom stereocenters. The number of terminal acetylenes is 1. The number of hydrogen-bond acceptors (Lipinski definition) is 3.